The van der Waals surface area contributed by atoms with Crippen LogP contribution in [0.5, 0.6) is 0 Å². The van der Waals surface area contributed by atoms with Crippen molar-refractivity contribution in [3.8, 4) is 0 Å². The number of likely N-dealkylation sites (N-methyl/N-ethyl adjacent to an activating group) is 1. The number of nitrogens with one attached hydrogen (secondary N) is 3. The number of aromatic nitrogens is 2. The first kappa shape index (κ1) is 35.5. The van der Waals surface area contributed by atoms with Gasteiger partial charge in [0, 0.05) is 38.1 Å². The second-order valence-electron chi connectivity index (χ2n) is 12.0. The van der Waals surface area contributed by atoms with Crippen molar-refractivity contribution in [2.75, 3.05) is 25.5 Å². The van der Waals surface area contributed by atoms with Crippen LogP contribution in [0, 0.1) is 0 Å². The number of nitrogens with zero attached hydrogens (tertiary/aromatic N) is 2. The average Bonchev–Trinajstić information content (AvgIpc) is 3.45. The predicted molar refractivity (Wildman–Crippen MR) is 168 cm³/mol. The Labute approximate surface area is 274 Å². The number of hydrogen-bond donors (Lipinski definition) is 8. The van der Waals surface area contributed by atoms with Crippen LogP contribution < -0.4 is 27.6 Å². The maximum Gasteiger partial charge on any atom is 0.330 e. The van der Waals surface area contributed by atoms with Gasteiger partial charge in [-0.25, -0.2) is 4.79 Å². The Hall–Kier alpha value is -3.78. The van der Waals surface area contributed by atoms with E-state index in [4.69, 9.17) is 19.9 Å². The molecule has 3 aliphatic rings. The van der Waals surface area contributed by atoms with E-state index in [0.717, 1.165) is 46.6 Å². The van der Waals surface area contributed by atoms with Crippen LogP contribution in [0.3, 0.4) is 0 Å². The molecule has 0 radical (unpaired) electrons. The Morgan fingerprint density at radius 2 is 1.79 bits per heavy atom. The van der Waals surface area contributed by atoms with E-state index in [-0.39, 0.29) is 18.8 Å². The maximum absolute atomic E-state index is 14.0. The molecular formula is C31H42N6O11. The quantitative estimate of drug-likeness (QED) is 0.120. The number of aromatic amines is 1. The fraction of sp³-hybridized carbons (Fsp3) is 0.548. The lowest BCUT2D eigenvalue weighted by Crippen LogP contribution is -2.59. The number of rotatable bonds is 11. The highest BCUT2D eigenvalue weighted by molar-refractivity contribution is 6.06. The molecule has 2 fully saturated rings. The van der Waals surface area contributed by atoms with Crippen LogP contribution in [0.15, 0.2) is 57.9 Å². The minimum absolute atomic E-state index is 0.00479. The van der Waals surface area contributed by atoms with E-state index in [1.54, 1.807) is 12.1 Å². The van der Waals surface area contributed by atoms with E-state index in [1.807, 2.05) is 17.1 Å². The summed E-state index contributed by atoms with van der Waals surface area (Å²) < 4.78 is 18.4. The second kappa shape index (κ2) is 15.2. The molecule has 10 atom stereocenters. The van der Waals surface area contributed by atoms with Crippen molar-refractivity contribution in [1.82, 2.24) is 19.8 Å². The number of unbranched alkanes of at least 4 members (excludes halogenated alkanes) is 1. The lowest BCUT2D eigenvalue weighted by atomic mass is 9.98. The molecule has 9 N–H and O–H groups in total. The van der Waals surface area contributed by atoms with Gasteiger partial charge in [-0.05, 0) is 36.6 Å². The fourth-order valence-electron chi connectivity index (χ4n) is 6.00. The molecule has 1 aromatic heterocycles. The van der Waals surface area contributed by atoms with Crippen LogP contribution in [0.25, 0.3) is 0 Å². The molecule has 5 rings (SSSR count). The van der Waals surface area contributed by atoms with Gasteiger partial charge in [-0.1, -0.05) is 25.5 Å². The Morgan fingerprint density at radius 3 is 2.44 bits per heavy atom. The molecule has 2 aromatic rings. The van der Waals surface area contributed by atoms with Gasteiger partial charge >= 0.3 is 5.69 Å². The Kier molecular flexibility index (Phi) is 11.2. The van der Waals surface area contributed by atoms with Gasteiger partial charge in [0.05, 0.1) is 0 Å². The Morgan fingerprint density at radius 1 is 1.06 bits per heavy atom. The van der Waals surface area contributed by atoms with Gasteiger partial charge in [0.15, 0.2) is 12.5 Å². The first-order valence-electron chi connectivity index (χ1n) is 15.8. The molecule has 17 heteroatoms. The summed E-state index contributed by atoms with van der Waals surface area (Å²) in [5, 5.41) is 49.0. The number of aliphatic hydroxyl groups excluding tert-OH is 4. The molecule has 0 saturated carbocycles. The standard InChI is InChI=1S/C31H42N6O11/c1-3-4-5-15-6-8-16(9-7-15)34-27(43)17-10-12-33-20(28(44)36(17)2)25(48-30-24(42)21(39)18(14-32)46-30)26-22(40)23(41)29(47-26)37-13-11-19(38)35-31(37)45/h6-11,13,18,20-26,29-30,33,39-42H,3-5,12,14,32H2,1-2H3,(H,34,43)(H,35,38,45)/t18-,20+,21-,22+,23-,24-,25+,26+,29-,30+/m1/s1. The Bertz CT molecular complexity index is 1600. The molecule has 262 valence electrons. The summed E-state index contributed by atoms with van der Waals surface area (Å²) in [5.41, 5.74) is 5.68. The fourth-order valence-corrected chi connectivity index (χ4v) is 6.00. The summed E-state index contributed by atoms with van der Waals surface area (Å²) in [7, 11) is 1.37. The number of aliphatic hydroxyl groups is 4. The smallest absolute Gasteiger partial charge is 0.330 e. The van der Waals surface area contributed by atoms with Crippen molar-refractivity contribution in [2.45, 2.75) is 87.5 Å². The third-order valence-electron chi connectivity index (χ3n) is 8.75. The summed E-state index contributed by atoms with van der Waals surface area (Å²) in [6.07, 6.45) is -8.20. The number of carbonyl (C=O) groups is 2. The summed E-state index contributed by atoms with van der Waals surface area (Å²) in [6, 6.07) is 7.02. The van der Waals surface area contributed by atoms with E-state index < -0.39 is 84.4 Å². The van der Waals surface area contributed by atoms with Crippen LogP contribution in [-0.4, -0.2) is 122 Å². The van der Waals surface area contributed by atoms with Crippen LogP contribution in [0.4, 0.5) is 5.69 Å². The number of anilines is 1. The molecule has 3 aliphatic heterocycles. The summed E-state index contributed by atoms with van der Waals surface area (Å²) in [6.45, 7) is 1.89. The molecule has 2 saturated heterocycles. The minimum Gasteiger partial charge on any atom is -0.387 e. The van der Waals surface area contributed by atoms with Gasteiger partial charge in [0.25, 0.3) is 11.5 Å². The molecule has 0 aliphatic carbocycles. The summed E-state index contributed by atoms with van der Waals surface area (Å²) in [5.74, 6) is -1.28. The van der Waals surface area contributed by atoms with E-state index >= 15 is 0 Å². The van der Waals surface area contributed by atoms with Crippen molar-refractivity contribution in [2.24, 2.45) is 5.73 Å². The first-order chi connectivity index (χ1) is 22.9. The van der Waals surface area contributed by atoms with Crippen molar-refractivity contribution in [3.05, 3.63) is 74.7 Å². The van der Waals surface area contributed by atoms with Crippen molar-refractivity contribution in [3.63, 3.8) is 0 Å². The molecule has 2 amide bonds. The number of H-pyrrole nitrogens is 1. The van der Waals surface area contributed by atoms with Crippen LogP contribution >= 0.6 is 0 Å². The highest BCUT2D eigenvalue weighted by Crippen LogP contribution is 2.35. The van der Waals surface area contributed by atoms with Crippen LogP contribution in [0.1, 0.15) is 31.6 Å². The lowest BCUT2D eigenvalue weighted by Gasteiger charge is -2.35. The number of nitrogens with two attached hydrogens (primary N) is 1. The molecule has 0 bridgehead atoms. The minimum atomic E-state index is -1.77. The van der Waals surface area contributed by atoms with E-state index in [0.29, 0.717) is 5.69 Å². The van der Waals surface area contributed by atoms with Gasteiger partial charge < -0.3 is 55.9 Å². The zero-order valence-corrected chi connectivity index (χ0v) is 26.5. The number of hydrogen-bond acceptors (Lipinski definition) is 13. The average molecular weight is 675 g/mol. The third-order valence-corrected chi connectivity index (χ3v) is 8.75. The highest BCUT2D eigenvalue weighted by atomic mass is 16.7. The zero-order valence-electron chi connectivity index (χ0n) is 26.5. The van der Waals surface area contributed by atoms with Crippen molar-refractivity contribution < 1.29 is 44.2 Å². The van der Waals surface area contributed by atoms with Gasteiger partial charge in [-0.3, -0.25) is 23.9 Å². The largest absolute Gasteiger partial charge is 0.387 e. The normalized spacial score (nSPS) is 31.4. The summed E-state index contributed by atoms with van der Waals surface area (Å²) in [4.78, 5) is 54.6. The van der Waals surface area contributed by atoms with E-state index in [1.165, 1.54) is 13.1 Å². The molecule has 0 spiro atoms. The molecule has 4 heterocycles. The number of benzene rings is 1. The molecule has 0 unspecified atom stereocenters. The molecule has 1 aromatic carbocycles. The van der Waals surface area contributed by atoms with E-state index in [2.05, 4.69) is 17.6 Å². The second-order valence-corrected chi connectivity index (χ2v) is 12.0. The topological polar surface area (TPSA) is 251 Å². The zero-order chi connectivity index (χ0) is 34.7. The molecule has 17 nitrogen and oxygen atoms in total. The van der Waals surface area contributed by atoms with E-state index in [9.17, 15) is 39.6 Å². The van der Waals surface area contributed by atoms with Crippen molar-refractivity contribution >= 4 is 17.5 Å². The molecule has 48 heavy (non-hydrogen) atoms. The first-order valence-corrected chi connectivity index (χ1v) is 15.8. The maximum atomic E-state index is 14.0. The number of ether oxygens (including phenoxy) is 3. The van der Waals surface area contributed by atoms with Crippen LogP contribution in [0.2, 0.25) is 0 Å². The Balaban J connectivity index is 1.39. The van der Waals surface area contributed by atoms with Gasteiger partial charge in [-0.15, -0.1) is 0 Å². The monoisotopic (exact) mass is 674 g/mol. The number of aryl methyl sites for hydroxylation is 1. The predicted octanol–water partition coefficient (Wildman–Crippen LogP) is -2.76. The number of amides is 2. The molecular weight excluding hydrogens is 632 g/mol. The SMILES string of the molecule is CCCCc1ccc(NC(=O)C2=CCN[C@@H]([C@H](O[C@@H]3O[C@H](CN)[C@@H](O)[C@H]3O)[C@H]3O[C@@H](n4ccc(=O)[nH]c4=O)[C@H](O)[C@@H]3O)C(=O)N2C)cc1. The van der Waals surface area contributed by atoms with Gasteiger partial charge in [0.1, 0.15) is 54.5 Å². The summed E-state index contributed by atoms with van der Waals surface area (Å²) >= 11 is 0. The van der Waals surface area contributed by atoms with Crippen LogP contribution in [-0.2, 0) is 30.2 Å². The van der Waals surface area contributed by atoms with Crippen molar-refractivity contribution in [1.29, 1.82) is 0 Å². The third kappa shape index (κ3) is 7.29. The van der Waals surface area contributed by atoms with Gasteiger partial charge in [0.2, 0.25) is 5.91 Å². The van der Waals surface area contributed by atoms with Gasteiger partial charge in [-0.2, -0.15) is 0 Å². The highest BCUT2D eigenvalue weighted by Gasteiger charge is 2.54. The lowest BCUT2D eigenvalue weighted by molar-refractivity contribution is -0.226. The number of carbonyl (C=O) groups excluding carboxylic acids is 2.